The van der Waals surface area contributed by atoms with Crippen molar-refractivity contribution in [3.8, 4) is 0 Å². The topological polar surface area (TPSA) is 64.1 Å². The van der Waals surface area contributed by atoms with Gasteiger partial charge in [0.15, 0.2) is 0 Å². The summed E-state index contributed by atoms with van der Waals surface area (Å²) in [5.74, 6) is -0.0930. The highest BCUT2D eigenvalue weighted by atomic mass is 32.2. The third kappa shape index (κ3) is 5.26. The molecule has 3 rings (SSSR count). The molecule has 0 bridgehead atoms. The molecule has 2 aromatic rings. The van der Waals surface area contributed by atoms with Gasteiger partial charge in [-0.1, -0.05) is 17.8 Å². The number of nitrogens with one attached hydrogen (secondary N) is 1. The van der Waals surface area contributed by atoms with Crippen LogP contribution in [-0.4, -0.2) is 34.3 Å². The number of pyridine rings is 1. The van der Waals surface area contributed by atoms with Crippen molar-refractivity contribution in [3.05, 3.63) is 40.7 Å². The van der Waals surface area contributed by atoms with E-state index in [1.165, 1.54) is 0 Å². The minimum absolute atomic E-state index is 0.0930. The van der Waals surface area contributed by atoms with Crippen LogP contribution in [0, 0.1) is 6.92 Å². The molecule has 1 saturated carbocycles. The molecule has 0 atom stereocenters. The molecule has 2 aromatic heterocycles. The predicted molar refractivity (Wildman–Crippen MR) is 101 cm³/mol. The number of thiazole rings is 1. The van der Waals surface area contributed by atoms with Gasteiger partial charge in [0, 0.05) is 29.5 Å². The molecule has 0 aromatic carbocycles. The van der Waals surface area contributed by atoms with E-state index < -0.39 is 0 Å². The van der Waals surface area contributed by atoms with E-state index in [0.717, 1.165) is 41.4 Å². The Labute approximate surface area is 156 Å². The Bertz CT molecular complexity index is 712. The third-order valence-electron chi connectivity index (χ3n) is 4.21. The van der Waals surface area contributed by atoms with Crippen LogP contribution in [0.3, 0.4) is 0 Å². The highest BCUT2D eigenvalue weighted by Crippen LogP contribution is 2.35. The maximum atomic E-state index is 12.4. The van der Waals surface area contributed by atoms with Gasteiger partial charge in [0.05, 0.1) is 12.3 Å². The van der Waals surface area contributed by atoms with Crippen molar-refractivity contribution in [2.45, 2.75) is 54.8 Å². The molecule has 0 aliphatic heterocycles. The van der Waals surface area contributed by atoms with Gasteiger partial charge in [-0.2, -0.15) is 0 Å². The average Bonchev–Trinajstić information content (AvgIpc) is 3.02. The number of thioether (sulfide) groups is 1. The second kappa shape index (κ2) is 8.78. The number of aryl methyl sites for hydroxylation is 1. The van der Waals surface area contributed by atoms with E-state index in [0.29, 0.717) is 17.6 Å². The fourth-order valence-corrected chi connectivity index (χ4v) is 5.23. The van der Waals surface area contributed by atoms with Gasteiger partial charge in [0.2, 0.25) is 0 Å². The Kier molecular flexibility index (Phi) is 6.45. The van der Waals surface area contributed by atoms with E-state index in [1.807, 2.05) is 30.8 Å². The second-order valence-electron chi connectivity index (χ2n) is 6.27. The number of hydrogen-bond donors (Lipinski definition) is 1. The van der Waals surface area contributed by atoms with Crippen LogP contribution < -0.4 is 5.32 Å². The number of hydrogen-bond acceptors (Lipinski definition) is 6. The van der Waals surface area contributed by atoms with Crippen LogP contribution in [-0.2, 0) is 11.3 Å². The van der Waals surface area contributed by atoms with Gasteiger partial charge in [-0.25, -0.2) is 9.97 Å². The van der Waals surface area contributed by atoms with Crippen molar-refractivity contribution >= 4 is 29.0 Å². The number of rotatable bonds is 6. The van der Waals surface area contributed by atoms with Gasteiger partial charge in [0.25, 0.3) is 5.91 Å². The first-order chi connectivity index (χ1) is 12.1. The van der Waals surface area contributed by atoms with Crippen LogP contribution in [0.25, 0.3) is 0 Å². The zero-order valence-electron chi connectivity index (χ0n) is 14.5. The fraction of sp³-hybridized carbons (Fsp3) is 0.500. The maximum absolute atomic E-state index is 12.4. The molecule has 134 valence electrons. The maximum Gasteiger partial charge on any atom is 0.270 e. The van der Waals surface area contributed by atoms with Gasteiger partial charge in [-0.3, -0.25) is 4.79 Å². The third-order valence-corrected chi connectivity index (χ3v) is 6.63. The van der Waals surface area contributed by atoms with E-state index in [1.54, 1.807) is 24.5 Å². The summed E-state index contributed by atoms with van der Waals surface area (Å²) in [6.45, 7) is 2.45. The molecule has 1 amide bonds. The van der Waals surface area contributed by atoms with Crippen molar-refractivity contribution in [1.82, 2.24) is 15.3 Å². The molecule has 1 fully saturated rings. The lowest BCUT2D eigenvalue weighted by Gasteiger charge is -2.28. The SMILES string of the molecule is COCc1cccc(C(=O)NC2CCC(Sc3nc(C)cs3)CC2)n1. The van der Waals surface area contributed by atoms with E-state index >= 15 is 0 Å². The first-order valence-electron chi connectivity index (χ1n) is 8.48. The zero-order chi connectivity index (χ0) is 17.6. The summed E-state index contributed by atoms with van der Waals surface area (Å²) >= 11 is 3.60. The second-order valence-corrected chi connectivity index (χ2v) is 8.67. The molecule has 25 heavy (non-hydrogen) atoms. The fourth-order valence-electron chi connectivity index (χ4n) is 2.95. The Balaban J connectivity index is 1.48. The lowest BCUT2D eigenvalue weighted by atomic mass is 9.95. The smallest absolute Gasteiger partial charge is 0.270 e. The summed E-state index contributed by atoms with van der Waals surface area (Å²) in [5, 5.41) is 5.82. The number of carbonyl (C=O) groups excluding carboxylic acids is 1. The van der Waals surface area contributed by atoms with Crippen LogP contribution in [0.1, 0.15) is 47.6 Å². The standard InChI is InChI=1S/C18H23N3O2S2/c1-12-11-24-18(19-12)25-15-8-6-13(7-9-15)21-17(22)16-5-3-4-14(20-16)10-23-2/h3-5,11,13,15H,6-10H2,1-2H3,(H,21,22). The average molecular weight is 378 g/mol. The highest BCUT2D eigenvalue weighted by molar-refractivity contribution is 8.01. The molecule has 1 aliphatic rings. The number of nitrogens with zero attached hydrogens (tertiary/aromatic N) is 2. The zero-order valence-corrected chi connectivity index (χ0v) is 16.2. The number of methoxy groups -OCH3 is 1. The van der Waals surface area contributed by atoms with Crippen LogP contribution in [0.15, 0.2) is 27.9 Å². The lowest BCUT2D eigenvalue weighted by molar-refractivity contribution is 0.0922. The van der Waals surface area contributed by atoms with Gasteiger partial charge in [0.1, 0.15) is 10.0 Å². The van der Waals surface area contributed by atoms with Gasteiger partial charge in [-0.15, -0.1) is 11.3 Å². The van der Waals surface area contributed by atoms with Crippen LogP contribution in [0.5, 0.6) is 0 Å². The quantitative estimate of drug-likeness (QED) is 0.829. The van der Waals surface area contributed by atoms with Crippen molar-refractivity contribution in [3.63, 3.8) is 0 Å². The molecule has 7 heteroatoms. The summed E-state index contributed by atoms with van der Waals surface area (Å²) < 4.78 is 6.23. The largest absolute Gasteiger partial charge is 0.378 e. The number of ether oxygens (including phenoxy) is 1. The Hall–Kier alpha value is -1.44. The lowest BCUT2D eigenvalue weighted by Crippen LogP contribution is -2.38. The Morgan fingerprint density at radius 3 is 2.80 bits per heavy atom. The first kappa shape index (κ1) is 18.4. The summed E-state index contributed by atoms with van der Waals surface area (Å²) in [4.78, 5) is 21.3. The summed E-state index contributed by atoms with van der Waals surface area (Å²) in [5.41, 5.74) is 2.33. The Morgan fingerprint density at radius 1 is 1.32 bits per heavy atom. The van der Waals surface area contributed by atoms with Crippen LogP contribution >= 0.6 is 23.1 Å². The summed E-state index contributed by atoms with van der Waals surface area (Å²) in [6, 6.07) is 5.69. The Morgan fingerprint density at radius 2 is 2.12 bits per heavy atom. The summed E-state index contributed by atoms with van der Waals surface area (Å²) in [6.07, 6.45) is 4.22. The molecule has 0 unspecified atom stereocenters. The molecule has 0 spiro atoms. The molecule has 2 heterocycles. The molecule has 1 N–H and O–H groups in total. The van der Waals surface area contributed by atoms with Crippen LogP contribution in [0.2, 0.25) is 0 Å². The van der Waals surface area contributed by atoms with Crippen molar-refractivity contribution in [2.75, 3.05) is 7.11 Å². The molecule has 5 nitrogen and oxygen atoms in total. The highest BCUT2D eigenvalue weighted by Gasteiger charge is 2.24. The first-order valence-corrected chi connectivity index (χ1v) is 10.2. The predicted octanol–water partition coefficient (Wildman–Crippen LogP) is 3.83. The monoisotopic (exact) mass is 377 g/mol. The van der Waals surface area contributed by atoms with Crippen LogP contribution in [0.4, 0.5) is 0 Å². The molecular formula is C18H23N3O2S2. The van der Waals surface area contributed by atoms with E-state index in [9.17, 15) is 4.79 Å². The van der Waals surface area contributed by atoms with Gasteiger partial charge < -0.3 is 10.1 Å². The number of carbonyl (C=O) groups is 1. The number of amides is 1. The van der Waals surface area contributed by atoms with E-state index in [2.05, 4.69) is 20.7 Å². The minimum atomic E-state index is -0.0930. The minimum Gasteiger partial charge on any atom is -0.378 e. The van der Waals surface area contributed by atoms with Crippen molar-refractivity contribution in [1.29, 1.82) is 0 Å². The normalized spacial score (nSPS) is 20.4. The van der Waals surface area contributed by atoms with Crippen molar-refractivity contribution in [2.24, 2.45) is 0 Å². The van der Waals surface area contributed by atoms with Gasteiger partial charge in [-0.05, 0) is 44.7 Å². The molecule has 0 saturated heterocycles. The molecular weight excluding hydrogens is 354 g/mol. The van der Waals surface area contributed by atoms with Gasteiger partial charge >= 0.3 is 0 Å². The van der Waals surface area contributed by atoms with E-state index in [4.69, 9.17) is 4.74 Å². The summed E-state index contributed by atoms with van der Waals surface area (Å²) in [7, 11) is 1.62. The molecule has 1 aliphatic carbocycles. The molecule has 0 radical (unpaired) electrons. The number of aromatic nitrogens is 2. The van der Waals surface area contributed by atoms with Crippen molar-refractivity contribution < 1.29 is 9.53 Å². The van der Waals surface area contributed by atoms with E-state index in [-0.39, 0.29) is 11.9 Å².